The number of aryl methyl sites for hydroxylation is 1. The molecule has 3 N–H and O–H groups in total. The van der Waals surface area contributed by atoms with Crippen molar-refractivity contribution in [3.8, 4) is 0 Å². The monoisotopic (exact) mass is 332 g/mol. The van der Waals surface area contributed by atoms with Crippen molar-refractivity contribution in [2.45, 2.75) is 20.0 Å². The smallest absolute Gasteiger partial charge is 0.338 e. The molecule has 0 bridgehead atoms. The van der Waals surface area contributed by atoms with Crippen LogP contribution in [-0.2, 0) is 9.53 Å². The second-order valence-electron chi connectivity index (χ2n) is 5.14. The molecule has 0 fully saturated rings. The zero-order chi connectivity index (χ0) is 17.0. The fourth-order valence-corrected chi connectivity index (χ4v) is 1.95. The Morgan fingerprint density at radius 1 is 1.17 bits per heavy atom. The van der Waals surface area contributed by atoms with E-state index in [1.54, 1.807) is 12.1 Å². The lowest BCUT2D eigenvalue weighted by Crippen LogP contribution is -2.30. The standard InChI is InChI=1S/C17H17ClN2O3/c1-10-3-6-13(7-4-10)20-16(21)11(2)23-17(22)12-5-8-14(18)15(19)9-12/h3-9,11H,19H2,1-2H3,(H,20,21)/t11-/m0/s1. The molecule has 2 aromatic carbocycles. The van der Waals surface area contributed by atoms with Gasteiger partial charge in [-0.25, -0.2) is 4.79 Å². The van der Waals surface area contributed by atoms with Crippen molar-refractivity contribution in [1.29, 1.82) is 0 Å². The van der Waals surface area contributed by atoms with Crippen LogP contribution in [0, 0.1) is 6.92 Å². The lowest BCUT2D eigenvalue weighted by atomic mass is 10.2. The molecule has 0 aliphatic heterocycles. The molecule has 120 valence electrons. The summed E-state index contributed by atoms with van der Waals surface area (Å²) in [5.41, 5.74) is 7.88. The summed E-state index contributed by atoms with van der Waals surface area (Å²) in [7, 11) is 0. The van der Waals surface area contributed by atoms with Crippen LogP contribution in [0.4, 0.5) is 11.4 Å². The molecule has 0 heterocycles. The molecule has 0 aliphatic carbocycles. The molecule has 0 aromatic heterocycles. The summed E-state index contributed by atoms with van der Waals surface area (Å²) in [4.78, 5) is 24.1. The number of carbonyl (C=O) groups excluding carboxylic acids is 2. The third kappa shape index (κ3) is 4.47. The number of carbonyl (C=O) groups is 2. The van der Waals surface area contributed by atoms with E-state index < -0.39 is 18.0 Å². The van der Waals surface area contributed by atoms with E-state index in [-0.39, 0.29) is 11.3 Å². The summed E-state index contributed by atoms with van der Waals surface area (Å²) in [6.07, 6.45) is -0.944. The molecule has 2 aromatic rings. The topological polar surface area (TPSA) is 81.4 Å². The maximum Gasteiger partial charge on any atom is 0.338 e. The van der Waals surface area contributed by atoms with Gasteiger partial charge in [0.1, 0.15) is 0 Å². The third-order valence-corrected chi connectivity index (χ3v) is 3.55. The number of hydrogen-bond acceptors (Lipinski definition) is 4. The van der Waals surface area contributed by atoms with Crippen molar-refractivity contribution in [3.63, 3.8) is 0 Å². The average molecular weight is 333 g/mol. The van der Waals surface area contributed by atoms with Gasteiger partial charge in [0.15, 0.2) is 6.10 Å². The number of esters is 1. The number of amides is 1. The molecule has 0 aliphatic rings. The van der Waals surface area contributed by atoms with E-state index in [0.29, 0.717) is 10.7 Å². The van der Waals surface area contributed by atoms with Gasteiger partial charge in [-0.2, -0.15) is 0 Å². The molecule has 1 amide bonds. The first-order valence-corrected chi connectivity index (χ1v) is 7.38. The Labute approximate surface area is 139 Å². The number of halogens is 1. The Bertz CT molecular complexity index is 729. The molecule has 0 saturated heterocycles. The van der Waals surface area contributed by atoms with Crippen molar-refractivity contribution in [2.24, 2.45) is 0 Å². The van der Waals surface area contributed by atoms with Crippen molar-refractivity contribution in [1.82, 2.24) is 0 Å². The molecule has 6 heteroatoms. The third-order valence-electron chi connectivity index (χ3n) is 3.20. The van der Waals surface area contributed by atoms with Gasteiger partial charge in [0.25, 0.3) is 5.91 Å². The number of nitrogens with two attached hydrogens (primary N) is 1. The van der Waals surface area contributed by atoms with E-state index in [1.165, 1.54) is 25.1 Å². The predicted octanol–water partition coefficient (Wildman–Crippen LogP) is 3.41. The second kappa shape index (κ2) is 7.15. The Morgan fingerprint density at radius 2 is 1.83 bits per heavy atom. The van der Waals surface area contributed by atoms with Gasteiger partial charge < -0.3 is 15.8 Å². The van der Waals surface area contributed by atoms with Crippen molar-refractivity contribution >= 4 is 34.9 Å². The van der Waals surface area contributed by atoms with Crippen LogP contribution >= 0.6 is 11.6 Å². The van der Waals surface area contributed by atoms with E-state index in [0.717, 1.165) is 5.56 Å². The van der Waals surface area contributed by atoms with Gasteiger partial charge in [-0.05, 0) is 44.2 Å². The molecule has 1 atom stereocenters. The average Bonchev–Trinajstić information content (AvgIpc) is 2.52. The Hall–Kier alpha value is -2.53. The maximum absolute atomic E-state index is 12.1. The van der Waals surface area contributed by atoms with E-state index in [1.807, 2.05) is 19.1 Å². The number of nitrogen functional groups attached to an aromatic ring is 1. The Balaban J connectivity index is 1.98. The minimum Gasteiger partial charge on any atom is -0.449 e. The highest BCUT2D eigenvalue weighted by atomic mass is 35.5. The fourth-order valence-electron chi connectivity index (χ4n) is 1.83. The van der Waals surface area contributed by atoms with Gasteiger partial charge in [-0.3, -0.25) is 4.79 Å². The molecule has 0 radical (unpaired) electrons. The first-order valence-electron chi connectivity index (χ1n) is 7.00. The van der Waals surface area contributed by atoms with Gasteiger partial charge in [-0.1, -0.05) is 29.3 Å². The summed E-state index contributed by atoms with van der Waals surface area (Å²) in [6, 6.07) is 11.7. The van der Waals surface area contributed by atoms with Gasteiger partial charge in [0, 0.05) is 5.69 Å². The summed E-state index contributed by atoms with van der Waals surface area (Å²) in [6.45, 7) is 3.45. The van der Waals surface area contributed by atoms with Gasteiger partial charge in [0.05, 0.1) is 16.3 Å². The molecule has 5 nitrogen and oxygen atoms in total. The van der Waals surface area contributed by atoms with E-state index in [2.05, 4.69) is 5.32 Å². The Kier molecular flexibility index (Phi) is 5.24. The summed E-state index contributed by atoms with van der Waals surface area (Å²) in [5.74, 6) is -1.05. The van der Waals surface area contributed by atoms with Crippen molar-refractivity contribution < 1.29 is 14.3 Å². The van der Waals surface area contributed by atoms with Crippen molar-refractivity contribution in [2.75, 3.05) is 11.1 Å². The van der Waals surface area contributed by atoms with Crippen LogP contribution < -0.4 is 11.1 Å². The van der Waals surface area contributed by atoms with E-state index >= 15 is 0 Å². The molecule has 2 rings (SSSR count). The lowest BCUT2D eigenvalue weighted by molar-refractivity contribution is -0.123. The highest BCUT2D eigenvalue weighted by Gasteiger charge is 2.19. The lowest BCUT2D eigenvalue weighted by Gasteiger charge is -2.14. The van der Waals surface area contributed by atoms with Crippen molar-refractivity contribution in [3.05, 3.63) is 58.6 Å². The van der Waals surface area contributed by atoms with Gasteiger partial charge >= 0.3 is 5.97 Å². The van der Waals surface area contributed by atoms with Crippen LogP contribution in [0.5, 0.6) is 0 Å². The van der Waals surface area contributed by atoms with Gasteiger partial charge in [-0.15, -0.1) is 0 Å². The number of benzene rings is 2. The molecule has 23 heavy (non-hydrogen) atoms. The number of rotatable bonds is 4. The normalized spacial score (nSPS) is 11.6. The molecule has 0 saturated carbocycles. The number of anilines is 2. The molecule has 0 unspecified atom stereocenters. The maximum atomic E-state index is 12.1. The first kappa shape index (κ1) is 16.8. The largest absolute Gasteiger partial charge is 0.449 e. The number of ether oxygens (including phenoxy) is 1. The molecular formula is C17H17ClN2O3. The predicted molar refractivity (Wildman–Crippen MR) is 90.6 cm³/mol. The van der Waals surface area contributed by atoms with Crippen LogP contribution in [0.3, 0.4) is 0 Å². The number of hydrogen-bond donors (Lipinski definition) is 2. The van der Waals surface area contributed by atoms with E-state index in [9.17, 15) is 9.59 Å². The highest BCUT2D eigenvalue weighted by Crippen LogP contribution is 2.20. The van der Waals surface area contributed by atoms with Crippen LogP contribution in [-0.4, -0.2) is 18.0 Å². The first-order chi connectivity index (χ1) is 10.9. The Morgan fingerprint density at radius 3 is 2.43 bits per heavy atom. The quantitative estimate of drug-likeness (QED) is 0.664. The van der Waals surface area contributed by atoms with Gasteiger partial charge in [0.2, 0.25) is 0 Å². The minimum atomic E-state index is -0.944. The molecular weight excluding hydrogens is 316 g/mol. The van der Waals surface area contributed by atoms with Crippen LogP contribution in [0.1, 0.15) is 22.8 Å². The van der Waals surface area contributed by atoms with E-state index in [4.69, 9.17) is 22.1 Å². The van der Waals surface area contributed by atoms with Crippen LogP contribution in [0.15, 0.2) is 42.5 Å². The zero-order valence-electron chi connectivity index (χ0n) is 12.8. The SMILES string of the molecule is Cc1ccc(NC(=O)[C@H](C)OC(=O)c2ccc(Cl)c(N)c2)cc1. The second-order valence-corrected chi connectivity index (χ2v) is 5.55. The minimum absolute atomic E-state index is 0.238. The fraction of sp³-hybridized carbons (Fsp3) is 0.176. The number of nitrogens with one attached hydrogen (secondary N) is 1. The highest BCUT2D eigenvalue weighted by molar-refractivity contribution is 6.33. The summed E-state index contributed by atoms with van der Waals surface area (Å²) in [5, 5.41) is 3.04. The van der Waals surface area contributed by atoms with Crippen LogP contribution in [0.2, 0.25) is 5.02 Å². The van der Waals surface area contributed by atoms with Crippen LogP contribution in [0.25, 0.3) is 0 Å². The summed E-state index contributed by atoms with van der Waals surface area (Å²) < 4.78 is 5.14. The summed E-state index contributed by atoms with van der Waals surface area (Å²) >= 11 is 5.80. The molecule has 0 spiro atoms. The zero-order valence-corrected chi connectivity index (χ0v) is 13.6.